The van der Waals surface area contributed by atoms with E-state index >= 15 is 0 Å². The summed E-state index contributed by atoms with van der Waals surface area (Å²) in [6.07, 6.45) is 0.696. The Labute approximate surface area is 152 Å². The number of esters is 1. The average molecular weight is 398 g/mol. The lowest BCUT2D eigenvalue weighted by atomic mass is 10.2. The van der Waals surface area contributed by atoms with Crippen LogP contribution in [0.5, 0.6) is 0 Å². The van der Waals surface area contributed by atoms with Crippen molar-refractivity contribution in [2.75, 3.05) is 11.3 Å². The fourth-order valence-corrected chi connectivity index (χ4v) is 3.72. The Balaban J connectivity index is 2.21. The molecule has 0 aliphatic carbocycles. The van der Waals surface area contributed by atoms with Crippen LogP contribution in [0.15, 0.2) is 58.3 Å². The lowest BCUT2D eigenvalue weighted by molar-refractivity contribution is 0.0505. The molecule has 10 heteroatoms. The summed E-state index contributed by atoms with van der Waals surface area (Å²) in [5, 5.41) is 5.01. The Morgan fingerprint density at radius 3 is 2.23 bits per heavy atom. The maximum absolute atomic E-state index is 12.4. The number of nitrogens with one attached hydrogen (secondary N) is 1. The van der Waals surface area contributed by atoms with E-state index in [9.17, 15) is 21.6 Å². The number of anilines is 1. The molecule has 0 aliphatic heterocycles. The van der Waals surface area contributed by atoms with Crippen molar-refractivity contribution >= 4 is 31.7 Å². The molecule has 26 heavy (non-hydrogen) atoms. The second-order valence-corrected chi connectivity index (χ2v) is 8.58. The summed E-state index contributed by atoms with van der Waals surface area (Å²) in [6, 6.07) is 10.4. The molecule has 0 saturated carbocycles. The van der Waals surface area contributed by atoms with Crippen LogP contribution in [0.3, 0.4) is 0 Å². The largest absolute Gasteiger partial charge is 0.462 e. The monoisotopic (exact) mass is 398 g/mol. The van der Waals surface area contributed by atoms with Gasteiger partial charge in [-0.3, -0.25) is 4.72 Å². The van der Waals surface area contributed by atoms with Crippen LogP contribution >= 0.6 is 0 Å². The van der Waals surface area contributed by atoms with E-state index in [4.69, 9.17) is 9.88 Å². The van der Waals surface area contributed by atoms with Crippen LogP contribution < -0.4 is 9.86 Å². The van der Waals surface area contributed by atoms with Gasteiger partial charge in [0.2, 0.25) is 10.0 Å². The molecule has 0 aromatic heterocycles. The molecule has 140 valence electrons. The van der Waals surface area contributed by atoms with Gasteiger partial charge in [0.15, 0.2) is 0 Å². The number of primary sulfonamides is 1. The molecule has 0 spiro atoms. The number of nitrogens with two attached hydrogens (primary N) is 1. The van der Waals surface area contributed by atoms with E-state index in [2.05, 4.69) is 4.72 Å². The van der Waals surface area contributed by atoms with Crippen molar-refractivity contribution in [2.45, 2.75) is 23.1 Å². The molecule has 0 atom stereocenters. The van der Waals surface area contributed by atoms with E-state index in [1.165, 1.54) is 42.5 Å². The van der Waals surface area contributed by atoms with Gasteiger partial charge >= 0.3 is 5.97 Å². The molecule has 0 fully saturated rings. The Morgan fingerprint density at radius 1 is 1.04 bits per heavy atom. The third-order valence-electron chi connectivity index (χ3n) is 3.25. The minimum absolute atomic E-state index is 0.207. The van der Waals surface area contributed by atoms with Crippen LogP contribution in [0.25, 0.3) is 0 Å². The molecule has 0 aliphatic rings. The quantitative estimate of drug-likeness (QED) is 0.682. The highest BCUT2D eigenvalue weighted by Crippen LogP contribution is 2.19. The lowest BCUT2D eigenvalue weighted by Crippen LogP contribution is -2.16. The van der Waals surface area contributed by atoms with Crippen molar-refractivity contribution in [3.8, 4) is 0 Å². The molecule has 2 aromatic carbocycles. The highest BCUT2D eigenvalue weighted by atomic mass is 32.2. The van der Waals surface area contributed by atoms with Gasteiger partial charge in [0.1, 0.15) is 0 Å². The first-order chi connectivity index (χ1) is 12.1. The van der Waals surface area contributed by atoms with Gasteiger partial charge in [-0.1, -0.05) is 13.0 Å². The fraction of sp³-hybridized carbons (Fsp3) is 0.188. The van der Waals surface area contributed by atoms with Crippen molar-refractivity contribution < 1.29 is 26.4 Å². The standard InChI is InChI=1S/C16H18N2O6S2/c1-2-10-24-16(19)12-6-8-13(9-7-12)18-26(22,23)15-5-3-4-14(11-15)25(17,20)21/h3-9,11,18H,2,10H2,1H3,(H2,17,20,21). The number of hydrogen-bond donors (Lipinski definition) is 2. The molecule has 0 bridgehead atoms. The number of benzene rings is 2. The molecular formula is C16H18N2O6S2. The van der Waals surface area contributed by atoms with Crippen molar-refractivity contribution in [3.05, 3.63) is 54.1 Å². The van der Waals surface area contributed by atoms with Gasteiger partial charge in [-0.2, -0.15) is 0 Å². The molecule has 0 radical (unpaired) electrons. The predicted octanol–water partition coefficient (Wildman–Crippen LogP) is 1.70. The molecule has 2 rings (SSSR count). The topological polar surface area (TPSA) is 133 Å². The van der Waals surface area contributed by atoms with Gasteiger partial charge in [-0.05, 0) is 48.9 Å². The van der Waals surface area contributed by atoms with Crippen LogP contribution in [0, 0.1) is 0 Å². The second-order valence-electron chi connectivity index (χ2n) is 5.34. The number of carbonyl (C=O) groups excluding carboxylic acids is 1. The molecule has 8 nitrogen and oxygen atoms in total. The van der Waals surface area contributed by atoms with Crippen molar-refractivity contribution in [1.29, 1.82) is 0 Å². The normalized spacial score (nSPS) is 11.8. The van der Waals surface area contributed by atoms with E-state index in [1.807, 2.05) is 6.92 Å². The van der Waals surface area contributed by atoms with E-state index in [-0.39, 0.29) is 21.0 Å². The Bertz CT molecular complexity index is 999. The number of rotatable bonds is 7. The first kappa shape index (κ1) is 19.9. The fourth-order valence-electron chi connectivity index (χ4n) is 1.98. The van der Waals surface area contributed by atoms with Gasteiger partial charge in [0, 0.05) is 5.69 Å². The van der Waals surface area contributed by atoms with Gasteiger partial charge in [0.05, 0.1) is 22.0 Å². The minimum Gasteiger partial charge on any atom is -0.462 e. The summed E-state index contributed by atoms with van der Waals surface area (Å²) >= 11 is 0. The molecule has 3 N–H and O–H groups in total. The van der Waals surface area contributed by atoms with Crippen molar-refractivity contribution in [3.63, 3.8) is 0 Å². The lowest BCUT2D eigenvalue weighted by Gasteiger charge is -2.10. The minimum atomic E-state index is -4.03. The van der Waals surface area contributed by atoms with Crippen LogP contribution in [-0.4, -0.2) is 29.4 Å². The smallest absolute Gasteiger partial charge is 0.338 e. The Hall–Kier alpha value is -2.43. The van der Waals surface area contributed by atoms with Crippen LogP contribution in [0.1, 0.15) is 23.7 Å². The van der Waals surface area contributed by atoms with Crippen molar-refractivity contribution in [1.82, 2.24) is 0 Å². The summed E-state index contributed by atoms with van der Waals surface area (Å²) in [4.78, 5) is 11.2. The first-order valence-corrected chi connectivity index (χ1v) is 10.6. The maximum atomic E-state index is 12.4. The Kier molecular flexibility index (Phi) is 6.01. The summed E-state index contributed by atoms with van der Waals surface area (Å²) in [5.41, 5.74) is 0.496. The van der Waals surface area contributed by atoms with Crippen LogP contribution in [-0.2, 0) is 24.8 Å². The highest BCUT2D eigenvalue weighted by Gasteiger charge is 2.18. The first-order valence-electron chi connectivity index (χ1n) is 7.56. The highest BCUT2D eigenvalue weighted by molar-refractivity contribution is 7.93. The zero-order valence-electron chi connectivity index (χ0n) is 13.9. The van der Waals surface area contributed by atoms with Gasteiger partial charge in [0.25, 0.3) is 10.0 Å². The third kappa shape index (κ3) is 5.04. The summed E-state index contributed by atoms with van der Waals surface area (Å²) in [5.74, 6) is -0.498. The SMILES string of the molecule is CCCOC(=O)c1ccc(NS(=O)(=O)c2cccc(S(N)(=O)=O)c2)cc1. The zero-order chi connectivity index (χ0) is 19.4. The molecule has 0 unspecified atom stereocenters. The summed E-state index contributed by atoms with van der Waals surface area (Å²) in [7, 11) is -8.05. The van der Waals surface area contributed by atoms with Gasteiger partial charge < -0.3 is 4.74 Å². The summed E-state index contributed by atoms with van der Waals surface area (Å²) in [6.45, 7) is 2.17. The third-order valence-corrected chi connectivity index (χ3v) is 5.54. The van der Waals surface area contributed by atoms with E-state index < -0.39 is 26.0 Å². The number of sulfonamides is 2. The molecule has 2 aromatic rings. The molecule has 0 heterocycles. The average Bonchev–Trinajstić information content (AvgIpc) is 2.59. The van der Waals surface area contributed by atoms with Crippen molar-refractivity contribution in [2.24, 2.45) is 5.14 Å². The number of ether oxygens (including phenoxy) is 1. The van der Waals surface area contributed by atoms with E-state index in [0.29, 0.717) is 13.0 Å². The number of hydrogen-bond acceptors (Lipinski definition) is 6. The van der Waals surface area contributed by atoms with Gasteiger partial charge in [-0.15, -0.1) is 0 Å². The molecule has 0 saturated heterocycles. The summed E-state index contributed by atoms with van der Waals surface area (Å²) < 4.78 is 54.8. The van der Waals surface area contributed by atoms with E-state index in [0.717, 1.165) is 6.07 Å². The van der Waals surface area contributed by atoms with Gasteiger partial charge in [-0.25, -0.2) is 26.8 Å². The Morgan fingerprint density at radius 2 is 1.65 bits per heavy atom. The molecular weight excluding hydrogens is 380 g/mol. The predicted molar refractivity (Wildman–Crippen MR) is 95.6 cm³/mol. The van der Waals surface area contributed by atoms with E-state index in [1.54, 1.807) is 0 Å². The maximum Gasteiger partial charge on any atom is 0.338 e. The molecule has 0 amide bonds. The second kappa shape index (κ2) is 7.85. The van der Waals surface area contributed by atoms with Crippen LogP contribution in [0.4, 0.5) is 5.69 Å². The number of carbonyl (C=O) groups is 1. The van der Waals surface area contributed by atoms with Crippen LogP contribution in [0.2, 0.25) is 0 Å². The zero-order valence-corrected chi connectivity index (χ0v) is 15.5.